The predicted molar refractivity (Wildman–Crippen MR) is 65.5 cm³/mol. The zero-order chi connectivity index (χ0) is 11.9. The highest BCUT2D eigenvalue weighted by Gasteiger charge is 2.42. The monoisotopic (exact) mass is 239 g/mol. The maximum atomic E-state index is 5.78. The first-order chi connectivity index (χ1) is 7.79. The minimum atomic E-state index is -2.69. The van der Waals surface area contributed by atoms with E-state index >= 15 is 0 Å². The Balaban J connectivity index is 2.99. The van der Waals surface area contributed by atoms with Crippen LogP contribution in [-0.2, 0) is 13.3 Å². The summed E-state index contributed by atoms with van der Waals surface area (Å²) >= 11 is 0. The highest BCUT2D eigenvalue weighted by Crippen LogP contribution is 2.10. The molecule has 16 heavy (non-hydrogen) atoms. The summed E-state index contributed by atoms with van der Waals surface area (Å²) in [6.07, 6.45) is 0. The van der Waals surface area contributed by atoms with E-state index in [2.05, 4.69) is 6.07 Å². The second-order valence-corrected chi connectivity index (χ2v) is 5.70. The van der Waals surface area contributed by atoms with Gasteiger partial charge in [0.2, 0.25) is 0 Å². The molecule has 0 N–H and O–H groups in total. The van der Waals surface area contributed by atoms with E-state index in [4.69, 9.17) is 13.3 Å². The molecule has 1 rings (SSSR count). The molecule has 0 fully saturated rings. The third kappa shape index (κ3) is 3.15. The Labute approximate surface area is 98.7 Å². The first-order valence-electron chi connectivity index (χ1n) is 5.67. The van der Waals surface area contributed by atoms with Gasteiger partial charge in [-0.25, -0.2) is 0 Å². The van der Waals surface area contributed by atoms with Gasteiger partial charge in [0.1, 0.15) is 0 Å². The summed E-state index contributed by atoms with van der Waals surface area (Å²) in [5, 5.41) is 0.997. The molecule has 0 bridgehead atoms. The lowest BCUT2D eigenvalue weighted by Gasteiger charge is -2.28. The number of benzene rings is 1. The standard InChI is InChI=1S/C12H19O3Si/c1-4-13-16(14-5-2,15-6-3)12-10-8-7-9-11-12/h8-11H,4-6H2,1-3H3. The Bertz CT molecular complexity index is 273. The van der Waals surface area contributed by atoms with E-state index in [0.29, 0.717) is 19.8 Å². The fraction of sp³-hybridized carbons (Fsp3) is 0.500. The van der Waals surface area contributed by atoms with Crippen molar-refractivity contribution in [1.82, 2.24) is 0 Å². The first kappa shape index (κ1) is 13.4. The quantitative estimate of drug-likeness (QED) is 0.678. The second kappa shape index (κ2) is 6.80. The fourth-order valence-electron chi connectivity index (χ4n) is 1.54. The third-order valence-electron chi connectivity index (χ3n) is 2.07. The van der Waals surface area contributed by atoms with Crippen molar-refractivity contribution in [2.75, 3.05) is 19.8 Å². The van der Waals surface area contributed by atoms with Crippen LogP contribution in [0.25, 0.3) is 0 Å². The first-order valence-corrected chi connectivity index (χ1v) is 7.40. The molecule has 89 valence electrons. The van der Waals surface area contributed by atoms with Gasteiger partial charge in [-0.3, -0.25) is 0 Å². The van der Waals surface area contributed by atoms with Crippen molar-refractivity contribution in [2.45, 2.75) is 20.8 Å². The Morgan fingerprint density at radius 1 is 0.938 bits per heavy atom. The molecule has 1 aromatic carbocycles. The largest absolute Gasteiger partial charge is 0.537 e. The summed E-state index contributed by atoms with van der Waals surface area (Å²) < 4.78 is 17.3. The molecule has 0 aliphatic rings. The second-order valence-electron chi connectivity index (χ2n) is 3.14. The van der Waals surface area contributed by atoms with E-state index in [0.717, 1.165) is 5.19 Å². The van der Waals surface area contributed by atoms with Gasteiger partial charge in [-0.1, -0.05) is 24.3 Å². The molecule has 0 aliphatic carbocycles. The fourth-order valence-corrected chi connectivity index (χ4v) is 4.00. The molecule has 0 aromatic heterocycles. The van der Waals surface area contributed by atoms with Gasteiger partial charge in [0.25, 0.3) is 0 Å². The van der Waals surface area contributed by atoms with Crippen LogP contribution in [-0.4, -0.2) is 28.6 Å². The van der Waals surface area contributed by atoms with Gasteiger partial charge in [0, 0.05) is 25.0 Å². The van der Waals surface area contributed by atoms with Crippen LogP contribution in [0.1, 0.15) is 20.8 Å². The topological polar surface area (TPSA) is 27.7 Å². The van der Waals surface area contributed by atoms with Crippen LogP contribution in [0.3, 0.4) is 0 Å². The minimum absolute atomic E-state index is 0.588. The lowest BCUT2D eigenvalue weighted by molar-refractivity contribution is 0.0859. The summed E-state index contributed by atoms with van der Waals surface area (Å²) in [5.41, 5.74) is 0. The maximum absolute atomic E-state index is 5.78. The van der Waals surface area contributed by atoms with E-state index < -0.39 is 8.80 Å². The van der Waals surface area contributed by atoms with Crippen LogP contribution in [0.4, 0.5) is 0 Å². The predicted octanol–water partition coefficient (Wildman–Crippen LogP) is 1.74. The number of hydrogen-bond donors (Lipinski definition) is 0. The van der Waals surface area contributed by atoms with Crippen molar-refractivity contribution in [2.24, 2.45) is 0 Å². The molecule has 4 heteroatoms. The Hall–Kier alpha value is -0.683. The molecule has 0 saturated heterocycles. The Morgan fingerprint density at radius 2 is 1.38 bits per heavy atom. The van der Waals surface area contributed by atoms with Crippen molar-refractivity contribution < 1.29 is 13.3 Å². The summed E-state index contributed by atoms with van der Waals surface area (Å²) in [4.78, 5) is 0. The SMILES string of the molecule is CCO[Si](OCC)(OCC)c1cc[c]cc1. The average molecular weight is 239 g/mol. The van der Waals surface area contributed by atoms with Gasteiger partial charge < -0.3 is 13.3 Å². The minimum Gasteiger partial charge on any atom is -0.370 e. The van der Waals surface area contributed by atoms with Crippen LogP contribution in [0.15, 0.2) is 24.3 Å². The van der Waals surface area contributed by atoms with Crippen molar-refractivity contribution in [3.05, 3.63) is 30.3 Å². The third-order valence-corrected chi connectivity index (χ3v) is 5.12. The van der Waals surface area contributed by atoms with Crippen LogP contribution in [0, 0.1) is 6.07 Å². The molecule has 0 atom stereocenters. The van der Waals surface area contributed by atoms with Crippen LogP contribution < -0.4 is 5.19 Å². The summed E-state index contributed by atoms with van der Waals surface area (Å²) in [6, 6.07) is 10.6. The molecule has 3 nitrogen and oxygen atoms in total. The maximum Gasteiger partial charge on any atom is 0.537 e. The molecule has 0 aliphatic heterocycles. The van der Waals surface area contributed by atoms with Gasteiger partial charge in [-0.2, -0.15) is 0 Å². The van der Waals surface area contributed by atoms with Crippen molar-refractivity contribution in [1.29, 1.82) is 0 Å². The van der Waals surface area contributed by atoms with Gasteiger partial charge in [-0.15, -0.1) is 0 Å². The van der Waals surface area contributed by atoms with Gasteiger partial charge >= 0.3 is 8.80 Å². The average Bonchev–Trinajstić information content (AvgIpc) is 2.31. The van der Waals surface area contributed by atoms with Crippen LogP contribution in [0.2, 0.25) is 0 Å². The van der Waals surface area contributed by atoms with E-state index in [1.165, 1.54) is 0 Å². The molecule has 0 spiro atoms. The van der Waals surface area contributed by atoms with E-state index in [1.54, 1.807) is 0 Å². The van der Waals surface area contributed by atoms with Crippen molar-refractivity contribution in [3.63, 3.8) is 0 Å². The number of rotatable bonds is 7. The zero-order valence-electron chi connectivity index (χ0n) is 10.2. The highest BCUT2D eigenvalue weighted by molar-refractivity contribution is 6.75. The van der Waals surface area contributed by atoms with Gasteiger partial charge in [-0.05, 0) is 26.8 Å². The normalized spacial score (nSPS) is 11.7. The van der Waals surface area contributed by atoms with Crippen LogP contribution >= 0.6 is 0 Å². The molecular weight excluding hydrogens is 220 g/mol. The Kier molecular flexibility index (Phi) is 5.69. The van der Waals surface area contributed by atoms with Crippen molar-refractivity contribution in [3.8, 4) is 0 Å². The molecule has 1 aromatic rings. The molecule has 1 radical (unpaired) electrons. The lowest BCUT2D eigenvalue weighted by Crippen LogP contribution is -2.56. The lowest BCUT2D eigenvalue weighted by atomic mass is 10.4. The molecular formula is C12H19O3Si. The van der Waals surface area contributed by atoms with E-state index in [1.807, 2.05) is 45.0 Å². The molecule has 0 saturated carbocycles. The molecule has 0 unspecified atom stereocenters. The van der Waals surface area contributed by atoms with Gasteiger partial charge in [0.05, 0.1) is 0 Å². The summed E-state index contributed by atoms with van der Waals surface area (Å²) in [7, 11) is -2.69. The van der Waals surface area contributed by atoms with Gasteiger partial charge in [0.15, 0.2) is 0 Å². The number of hydrogen-bond acceptors (Lipinski definition) is 3. The van der Waals surface area contributed by atoms with Crippen LogP contribution in [0.5, 0.6) is 0 Å². The molecule has 0 heterocycles. The highest BCUT2D eigenvalue weighted by atomic mass is 28.4. The smallest absolute Gasteiger partial charge is 0.370 e. The Morgan fingerprint density at radius 3 is 1.75 bits per heavy atom. The molecule has 0 amide bonds. The van der Waals surface area contributed by atoms with E-state index in [-0.39, 0.29) is 0 Å². The van der Waals surface area contributed by atoms with E-state index in [9.17, 15) is 0 Å². The summed E-state index contributed by atoms with van der Waals surface area (Å²) in [6.45, 7) is 7.62. The zero-order valence-corrected chi connectivity index (χ0v) is 11.2. The summed E-state index contributed by atoms with van der Waals surface area (Å²) in [5.74, 6) is 0. The van der Waals surface area contributed by atoms with Crippen molar-refractivity contribution >= 4 is 14.0 Å².